The van der Waals surface area contributed by atoms with Crippen LogP contribution in [0.4, 0.5) is 0 Å². The Labute approximate surface area is 125 Å². The Morgan fingerprint density at radius 1 is 1.50 bits per heavy atom. The zero-order valence-corrected chi connectivity index (χ0v) is 13.7. The van der Waals surface area contributed by atoms with E-state index >= 15 is 0 Å². The first kappa shape index (κ1) is 15.9. The second kappa shape index (κ2) is 7.00. The third-order valence-electron chi connectivity index (χ3n) is 3.70. The third kappa shape index (κ3) is 4.02. The molecule has 0 saturated carbocycles. The van der Waals surface area contributed by atoms with Crippen LogP contribution in [0, 0.1) is 12.8 Å². The summed E-state index contributed by atoms with van der Waals surface area (Å²) in [4.78, 5) is 1.08. The molecule has 0 aliphatic carbocycles. The smallest absolute Gasteiger partial charge is 0.279 e. The van der Waals surface area contributed by atoms with Gasteiger partial charge in [0.05, 0.1) is 0 Å². The second-order valence-electron chi connectivity index (χ2n) is 5.28. The van der Waals surface area contributed by atoms with Gasteiger partial charge in [-0.2, -0.15) is 17.4 Å². The molecule has 1 aliphatic heterocycles. The molecule has 0 radical (unpaired) electrons. The Kier molecular flexibility index (Phi) is 5.57. The summed E-state index contributed by atoms with van der Waals surface area (Å²) in [6.07, 6.45) is 2.03. The van der Waals surface area contributed by atoms with E-state index in [1.54, 1.807) is 15.6 Å². The summed E-state index contributed by atoms with van der Waals surface area (Å²) in [5.74, 6) is 0.411. The van der Waals surface area contributed by atoms with Crippen LogP contribution >= 0.6 is 11.3 Å². The standard InChI is InChI=1S/C13H23N3O2S2/c1-11-5-7-19-13(11)9-15-20(17,18)16-6-3-4-12(10-16)8-14-2/h5,7,12,14-15H,3-4,6,8-10H2,1-2H3. The summed E-state index contributed by atoms with van der Waals surface area (Å²) >= 11 is 1.59. The maximum atomic E-state index is 12.3. The van der Waals surface area contributed by atoms with Gasteiger partial charge in [-0.05, 0) is 56.3 Å². The Morgan fingerprint density at radius 3 is 2.95 bits per heavy atom. The fraction of sp³-hybridized carbons (Fsp3) is 0.692. The minimum absolute atomic E-state index is 0.388. The molecule has 1 aliphatic rings. The maximum Gasteiger partial charge on any atom is 0.279 e. The van der Waals surface area contributed by atoms with Crippen LogP contribution in [-0.2, 0) is 16.8 Å². The summed E-state index contributed by atoms with van der Waals surface area (Å²) < 4.78 is 29.0. The quantitative estimate of drug-likeness (QED) is 0.832. The molecule has 1 aromatic rings. The van der Waals surface area contributed by atoms with Crippen molar-refractivity contribution in [3.8, 4) is 0 Å². The van der Waals surface area contributed by atoms with Gasteiger partial charge in [0.15, 0.2) is 0 Å². The summed E-state index contributed by atoms with van der Waals surface area (Å²) in [5.41, 5.74) is 1.14. The Morgan fingerprint density at radius 2 is 2.30 bits per heavy atom. The van der Waals surface area contributed by atoms with E-state index < -0.39 is 10.2 Å². The fourth-order valence-electron chi connectivity index (χ4n) is 2.53. The number of hydrogen-bond donors (Lipinski definition) is 2. The summed E-state index contributed by atoms with van der Waals surface area (Å²) in [7, 11) is -1.46. The van der Waals surface area contributed by atoms with Crippen LogP contribution in [0.25, 0.3) is 0 Å². The number of piperidine rings is 1. The normalized spacial score (nSPS) is 21.2. The molecule has 1 atom stereocenters. The van der Waals surface area contributed by atoms with E-state index in [0.717, 1.165) is 29.8 Å². The van der Waals surface area contributed by atoms with Crippen LogP contribution in [0.5, 0.6) is 0 Å². The highest BCUT2D eigenvalue weighted by Gasteiger charge is 2.28. The first-order valence-electron chi connectivity index (χ1n) is 6.95. The van der Waals surface area contributed by atoms with Crippen molar-refractivity contribution in [2.45, 2.75) is 26.3 Å². The molecular weight excluding hydrogens is 294 g/mol. The highest BCUT2D eigenvalue weighted by Crippen LogP contribution is 2.19. The lowest BCUT2D eigenvalue weighted by Gasteiger charge is -2.31. The number of nitrogens with one attached hydrogen (secondary N) is 2. The molecule has 1 unspecified atom stereocenters. The van der Waals surface area contributed by atoms with Crippen molar-refractivity contribution < 1.29 is 8.42 Å². The lowest BCUT2D eigenvalue weighted by Crippen LogP contribution is -2.47. The lowest BCUT2D eigenvalue weighted by atomic mass is 10.00. The van der Waals surface area contributed by atoms with Gasteiger partial charge >= 0.3 is 0 Å². The van der Waals surface area contributed by atoms with E-state index in [1.807, 2.05) is 25.4 Å². The van der Waals surface area contributed by atoms with Gasteiger partial charge in [0.2, 0.25) is 0 Å². The van der Waals surface area contributed by atoms with Gasteiger partial charge < -0.3 is 5.32 Å². The largest absolute Gasteiger partial charge is 0.319 e. The van der Waals surface area contributed by atoms with Gasteiger partial charge in [0.1, 0.15) is 0 Å². The van der Waals surface area contributed by atoms with Crippen LogP contribution in [-0.4, -0.2) is 39.4 Å². The van der Waals surface area contributed by atoms with Crippen molar-refractivity contribution in [2.75, 3.05) is 26.7 Å². The number of hydrogen-bond acceptors (Lipinski definition) is 4. The van der Waals surface area contributed by atoms with Crippen molar-refractivity contribution >= 4 is 21.5 Å². The third-order valence-corrected chi connectivity index (χ3v) is 6.24. The first-order chi connectivity index (χ1) is 9.53. The average molecular weight is 317 g/mol. The average Bonchev–Trinajstić information content (AvgIpc) is 2.83. The highest BCUT2D eigenvalue weighted by molar-refractivity contribution is 7.87. The molecule has 114 valence electrons. The molecule has 2 heterocycles. The van der Waals surface area contributed by atoms with E-state index in [1.165, 1.54) is 0 Å². The van der Waals surface area contributed by atoms with Crippen molar-refractivity contribution in [3.63, 3.8) is 0 Å². The van der Waals surface area contributed by atoms with Crippen molar-refractivity contribution in [3.05, 3.63) is 21.9 Å². The van der Waals surface area contributed by atoms with E-state index in [0.29, 0.717) is 25.6 Å². The van der Waals surface area contributed by atoms with Crippen LogP contribution < -0.4 is 10.0 Å². The molecule has 1 aromatic heterocycles. The number of nitrogens with zero attached hydrogens (tertiary/aromatic N) is 1. The minimum Gasteiger partial charge on any atom is -0.319 e. The first-order valence-corrected chi connectivity index (χ1v) is 9.27. The molecule has 0 amide bonds. The second-order valence-corrected chi connectivity index (χ2v) is 8.03. The van der Waals surface area contributed by atoms with Crippen molar-refractivity contribution in [1.82, 2.24) is 14.3 Å². The monoisotopic (exact) mass is 317 g/mol. The van der Waals surface area contributed by atoms with Crippen LogP contribution in [0.3, 0.4) is 0 Å². The minimum atomic E-state index is -3.37. The molecule has 0 aromatic carbocycles. The summed E-state index contributed by atoms with van der Waals surface area (Å²) in [5, 5.41) is 5.12. The van der Waals surface area contributed by atoms with Crippen molar-refractivity contribution in [2.24, 2.45) is 5.92 Å². The van der Waals surface area contributed by atoms with Crippen LogP contribution in [0.2, 0.25) is 0 Å². The zero-order valence-electron chi connectivity index (χ0n) is 12.1. The molecular formula is C13H23N3O2S2. The Balaban J connectivity index is 1.94. The number of thiophene rings is 1. The van der Waals surface area contributed by atoms with Crippen molar-refractivity contribution in [1.29, 1.82) is 0 Å². The fourth-order valence-corrected chi connectivity index (χ4v) is 4.76. The molecule has 1 saturated heterocycles. The van der Waals surface area contributed by atoms with E-state index in [2.05, 4.69) is 10.0 Å². The van der Waals surface area contributed by atoms with Gasteiger partial charge in [0, 0.05) is 24.5 Å². The highest BCUT2D eigenvalue weighted by atomic mass is 32.2. The SMILES string of the molecule is CNCC1CCCN(S(=O)(=O)NCc2sccc2C)C1. The number of aryl methyl sites for hydroxylation is 1. The predicted molar refractivity (Wildman–Crippen MR) is 83.0 cm³/mol. The van der Waals surface area contributed by atoms with Gasteiger partial charge in [-0.15, -0.1) is 11.3 Å². The molecule has 0 spiro atoms. The summed E-state index contributed by atoms with van der Waals surface area (Å²) in [6, 6.07) is 2.01. The summed E-state index contributed by atoms with van der Waals surface area (Å²) in [6.45, 7) is 4.50. The number of rotatable bonds is 6. The van der Waals surface area contributed by atoms with Gasteiger partial charge in [-0.25, -0.2) is 0 Å². The van der Waals surface area contributed by atoms with Gasteiger partial charge in [0.25, 0.3) is 10.2 Å². The maximum absolute atomic E-state index is 12.3. The molecule has 1 fully saturated rings. The molecule has 20 heavy (non-hydrogen) atoms. The van der Waals surface area contributed by atoms with E-state index in [-0.39, 0.29) is 0 Å². The molecule has 2 rings (SSSR count). The molecule has 7 heteroatoms. The van der Waals surface area contributed by atoms with Gasteiger partial charge in [-0.3, -0.25) is 0 Å². The predicted octanol–water partition coefficient (Wildman–Crippen LogP) is 1.32. The van der Waals surface area contributed by atoms with E-state index in [9.17, 15) is 8.42 Å². The lowest BCUT2D eigenvalue weighted by molar-refractivity contribution is 0.261. The van der Waals surface area contributed by atoms with Gasteiger partial charge in [-0.1, -0.05) is 0 Å². The topological polar surface area (TPSA) is 61.4 Å². The van der Waals surface area contributed by atoms with E-state index in [4.69, 9.17) is 0 Å². The molecule has 5 nitrogen and oxygen atoms in total. The molecule has 2 N–H and O–H groups in total. The Bertz CT molecular complexity index is 525. The Hall–Kier alpha value is -0.470. The van der Waals surface area contributed by atoms with Crippen LogP contribution in [0.1, 0.15) is 23.3 Å². The van der Waals surface area contributed by atoms with Crippen LogP contribution in [0.15, 0.2) is 11.4 Å². The molecule has 0 bridgehead atoms. The zero-order chi connectivity index (χ0) is 14.6.